The molecule has 1 amide bonds. The van der Waals surface area contributed by atoms with Crippen LogP contribution in [0.25, 0.3) is 0 Å². The molecule has 0 unspecified atom stereocenters. The topological polar surface area (TPSA) is 54.0 Å². The minimum absolute atomic E-state index is 0.0869. The van der Waals surface area contributed by atoms with Gasteiger partial charge in [0.25, 0.3) is 0 Å². The second-order valence-electron chi connectivity index (χ2n) is 2.29. The summed E-state index contributed by atoms with van der Waals surface area (Å²) in [6.45, 7) is 0.302. The minimum atomic E-state index is -0.0869. The molecule has 64 valence electrons. The smallest absolute Gasteiger partial charge is 0.239 e. The normalized spacial score (nSPS) is 9.42. The van der Waals surface area contributed by atoms with Crippen LogP contribution in [0.4, 0.5) is 5.82 Å². The van der Waals surface area contributed by atoms with E-state index in [4.69, 9.17) is 0 Å². The van der Waals surface area contributed by atoms with Crippen molar-refractivity contribution in [2.45, 2.75) is 0 Å². The number of hydrogen-bond donors (Lipinski definition) is 2. The Bertz CT molecular complexity index is 248. The van der Waals surface area contributed by atoms with Crippen molar-refractivity contribution in [3.63, 3.8) is 0 Å². The number of amides is 1. The lowest BCUT2D eigenvalue weighted by atomic mass is 10.4. The van der Waals surface area contributed by atoms with Gasteiger partial charge in [0.05, 0.1) is 6.54 Å². The average Bonchev–Trinajstić information content (AvgIpc) is 2.06. The zero-order valence-corrected chi connectivity index (χ0v) is 6.87. The molecule has 0 aliphatic rings. The second kappa shape index (κ2) is 4.46. The van der Waals surface area contributed by atoms with Gasteiger partial charge < -0.3 is 10.6 Å². The summed E-state index contributed by atoms with van der Waals surface area (Å²) in [7, 11) is 1.72. The lowest BCUT2D eigenvalue weighted by Gasteiger charge is -2.01. The van der Waals surface area contributed by atoms with Crippen molar-refractivity contribution in [2.75, 3.05) is 18.9 Å². The van der Waals surface area contributed by atoms with Crippen LogP contribution in [0, 0.1) is 0 Å². The molecule has 0 spiro atoms. The number of nitrogens with one attached hydrogen (secondary N) is 2. The van der Waals surface area contributed by atoms with Gasteiger partial charge in [-0.1, -0.05) is 6.07 Å². The summed E-state index contributed by atoms with van der Waals surface area (Å²) in [6.07, 6.45) is 1.63. The quantitative estimate of drug-likeness (QED) is 0.674. The van der Waals surface area contributed by atoms with E-state index < -0.39 is 0 Å². The monoisotopic (exact) mass is 165 g/mol. The molecule has 0 aromatic carbocycles. The number of carbonyl (C=O) groups excluding carboxylic acids is 1. The predicted molar refractivity (Wildman–Crippen MR) is 46.8 cm³/mol. The number of likely N-dealkylation sites (N-methyl/N-ethyl adjacent to an activating group) is 1. The molecule has 0 saturated carbocycles. The van der Waals surface area contributed by atoms with E-state index in [9.17, 15) is 4.79 Å². The molecule has 1 aromatic heterocycles. The number of anilines is 1. The van der Waals surface area contributed by atoms with Gasteiger partial charge in [0.2, 0.25) is 5.91 Å². The molecular weight excluding hydrogens is 154 g/mol. The van der Waals surface area contributed by atoms with Gasteiger partial charge in [-0.25, -0.2) is 4.98 Å². The lowest BCUT2D eigenvalue weighted by Crippen LogP contribution is -2.25. The maximum Gasteiger partial charge on any atom is 0.239 e. The van der Waals surface area contributed by atoms with E-state index >= 15 is 0 Å². The van der Waals surface area contributed by atoms with E-state index in [1.54, 1.807) is 25.4 Å². The summed E-state index contributed by atoms with van der Waals surface area (Å²) in [5.41, 5.74) is 0. The van der Waals surface area contributed by atoms with Gasteiger partial charge in [-0.05, 0) is 19.2 Å². The molecule has 4 nitrogen and oxygen atoms in total. The van der Waals surface area contributed by atoms with Gasteiger partial charge in [0.1, 0.15) is 5.82 Å². The Morgan fingerprint density at radius 2 is 2.42 bits per heavy atom. The highest BCUT2D eigenvalue weighted by Gasteiger charge is 1.98. The first-order valence-corrected chi connectivity index (χ1v) is 3.68. The lowest BCUT2D eigenvalue weighted by molar-refractivity contribution is -0.115. The standard InChI is InChI=1S/C8H11N3O/c1-9-6-8(12)11-7-4-2-3-5-10-7/h2-5,9H,6H2,1H3,(H,10,11,12). The molecule has 1 aromatic rings. The number of carbonyl (C=O) groups is 1. The van der Waals surface area contributed by atoms with Gasteiger partial charge in [-0.15, -0.1) is 0 Å². The van der Waals surface area contributed by atoms with Crippen LogP contribution in [-0.4, -0.2) is 24.5 Å². The number of hydrogen-bond acceptors (Lipinski definition) is 3. The van der Waals surface area contributed by atoms with Crippen molar-refractivity contribution in [1.82, 2.24) is 10.3 Å². The Kier molecular flexibility index (Phi) is 3.22. The summed E-state index contributed by atoms with van der Waals surface area (Å²) < 4.78 is 0. The van der Waals surface area contributed by atoms with Crippen LogP contribution in [0.3, 0.4) is 0 Å². The van der Waals surface area contributed by atoms with Gasteiger partial charge in [-0.3, -0.25) is 4.79 Å². The second-order valence-corrected chi connectivity index (χ2v) is 2.29. The third kappa shape index (κ3) is 2.67. The number of nitrogens with zero attached hydrogens (tertiary/aromatic N) is 1. The van der Waals surface area contributed by atoms with Crippen LogP contribution in [0.1, 0.15) is 0 Å². The fraction of sp³-hybridized carbons (Fsp3) is 0.250. The molecule has 0 bridgehead atoms. The molecule has 1 rings (SSSR count). The van der Waals surface area contributed by atoms with Crippen molar-refractivity contribution < 1.29 is 4.79 Å². The molecule has 0 atom stereocenters. The minimum Gasteiger partial charge on any atom is -0.311 e. The molecule has 2 N–H and O–H groups in total. The number of rotatable bonds is 3. The van der Waals surface area contributed by atoms with Gasteiger partial charge in [-0.2, -0.15) is 0 Å². The van der Waals surface area contributed by atoms with E-state index in [0.717, 1.165) is 0 Å². The third-order valence-electron chi connectivity index (χ3n) is 1.27. The van der Waals surface area contributed by atoms with E-state index in [1.165, 1.54) is 0 Å². The van der Waals surface area contributed by atoms with Crippen molar-refractivity contribution in [3.05, 3.63) is 24.4 Å². The first kappa shape index (κ1) is 8.67. The fourth-order valence-corrected chi connectivity index (χ4v) is 0.784. The highest BCUT2D eigenvalue weighted by atomic mass is 16.1. The highest BCUT2D eigenvalue weighted by Crippen LogP contribution is 1.98. The predicted octanol–water partition coefficient (Wildman–Crippen LogP) is 0.239. The van der Waals surface area contributed by atoms with Crippen LogP contribution in [0.5, 0.6) is 0 Å². The first-order chi connectivity index (χ1) is 5.83. The summed E-state index contributed by atoms with van der Waals surface area (Å²) >= 11 is 0. The SMILES string of the molecule is CNCC(=O)Nc1ccccn1. The van der Waals surface area contributed by atoms with Crippen LogP contribution in [0.2, 0.25) is 0 Å². The summed E-state index contributed by atoms with van der Waals surface area (Å²) in [5, 5.41) is 5.38. The summed E-state index contributed by atoms with van der Waals surface area (Å²) in [6, 6.07) is 5.36. The average molecular weight is 165 g/mol. The van der Waals surface area contributed by atoms with Crippen LogP contribution >= 0.6 is 0 Å². The Morgan fingerprint density at radius 1 is 1.58 bits per heavy atom. The van der Waals surface area contributed by atoms with Gasteiger partial charge in [0, 0.05) is 6.20 Å². The molecule has 0 aliphatic carbocycles. The Labute approximate surface area is 71.0 Å². The third-order valence-corrected chi connectivity index (χ3v) is 1.27. The highest BCUT2D eigenvalue weighted by molar-refractivity contribution is 5.91. The van der Waals surface area contributed by atoms with Crippen LogP contribution < -0.4 is 10.6 Å². The van der Waals surface area contributed by atoms with E-state index in [-0.39, 0.29) is 5.91 Å². The fourth-order valence-electron chi connectivity index (χ4n) is 0.784. The Morgan fingerprint density at radius 3 is 3.00 bits per heavy atom. The zero-order valence-electron chi connectivity index (χ0n) is 6.87. The van der Waals surface area contributed by atoms with Crippen molar-refractivity contribution in [2.24, 2.45) is 0 Å². The van der Waals surface area contributed by atoms with Crippen LogP contribution in [-0.2, 0) is 4.79 Å². The summed E-state index contributed by atoms with van der Waals surface area (Å²) in [5.74, 6) is 0.494. The maximum absolute atomic E-state index is 11.0. The molecule has 0 saturated heterocycles. The molecule has 0 radical (unpaired) electrons. The molecule has 1 heterocycles. The van der Waals surface area contributed by atoms with E-state index in [2.05, 4.69) is 15.6 Å². The van der Waals surface area contributed by atoms with Gasteiger partial charge >= 0.3 is 0 Å². The molecule has 4 heteroatoms. The van der Waals surface area contributed by atoms with Crippen molar-refractivity contribution in [1.29, 1.82) is 0 Å². The summed E-state index contributed by atoms with van der Waals surface area (Å²) in [4.78, 5) is 14.9. The molecule has 12 heavy (non-hydrogen) atoms. The first-order valence-electron chi connectivity index (χ1n) is 3.68. The van der Waals surface area contributed by atoms with Crippen molar-refractivity contribution >= 4 is 11.7 Å². The number of aromatic nitrogens is 1. The van der Waals surface area contributed by atoms with Gasteiger partial charge in [0.15, 0.2) is 0 Å². The Hall–Kier alpha value is -1.42. The largest absolute Gasteiger partial charge is 0.311 e. The Balaban J connectivity index is 2.47. The molecule has 0 aliphatic heterocycles. The molecular formula is C8H11N3O. The van der Waals surface area contributed by atoms with Crippen LogP contribution in [0.15, 0.2) is 24.4 Å². The van der Waals surface area contributed by atoms with Crippen molar-refractivity contribution in [3.8, 4) is 0 Å². The van der Waals surface area contributed by atoms with E-state index in [0.29, 0.717) is 12.4 Å². The molecule has 0 fully saturated rings. The van der Waals surface area contributed by atoms with E-state index in [1.807, 2.05) is 6.07 Å². The number of pyridine rings is 1. The zero-order chi connectivity index (χ0) is 8.81. The maximum atomic E-state index is 11.0.